The Balaban J connectivity index is 1.87. The van der Waals surface area contributed by atoms with Crippen molar-refractivity contribution in [3.63, 3.8) is 0 Å². The molecule has 0 aliphatic carbocycles. The average Bonchev–Trinajstić information content (AvgIpc) is 2.83. The maximum Gasteiger partial charge on any atom is 0.271 e. The van der Waals surface area contributed by atoms with Gasteiger partial charge in [0.1, 0.15) is 5.69 Å². The van der Waals surface area contributed by atoms with Crippen LogP contribution in [0.2, 0.25) is 0 Å². The lowest BCUT2D eigenvalue weighted by molar-refractivity contribution is 0.0102. The van der Waals surface area contributed by atoms with Crippen LogP contribution in [0.25, 0.3) is 0 Å². The van der Waals surface area contributed by atoms with Gasteiger partial charge >= 0.3 is 0 Å². The number of carbonyl (C=O) groups excluding carboxylic acids is 1. The highest BCUT2D eigenvalue weighted by molar-refractivity contribution is 5.91. The van der Waals surface area contributed by atoms with Gasteiger partial charge < -0.3 is 15.0 Å². The van der Waals surface area contributed by atoms with Crippen LogP contribution in [0.5, 0.6) is 0 Å². The Morgan fingerprint density at radius 1 is 1.75 bits per heavy atom. The Hall–Kier alpha value is -1.40. The molecule has 6 heteroatoms. The molecule has 1 aromatic rings. The Bertz CT molecular complexity index is 333. The second kappa shape index (κ2) is 5.09. The maximum atomic E-state index is 11.9. The quantitative estimate of drug-likeness (QED) is 0.724. The van der Waals surface area contributed by atoms with E-state index in [-0.39, 0.29) is 12.0 Å². The van der Waals surface area contributed by atoms with E-state index in [0.29, 0.717) is 18.8 Å². The van der Waals surface area contributed by atoms with Gasteiger partial charge in [0.05, 0.1) is 12.7 Å². The molecule has 2 heterocycles. The molecule has 1 aromatic heterocycles. The number of aromatic nitrogens is 2. The van der Waals surface area contributed by atoms with E-state index in [2.05, 4.69) is 15.5 Å². The zero-order valence-electron chi connectivity index (χ0n) is 9.27. The number of nitrogens with zero attached hydrogens (tertiary/aromatic N) is 2. The number of amides is 1. The Labute approximate surface area is 94.0 Å². The first-order valence-electron chi connectivity index (χ1n) is 5.34. The summed E-state index contributed by atoms with van der Waals surface area (Å²) in [6, 6.07) is 1.67. The van der Waals surface area contributed by atoms with Gasteiger partial charge in [0.2, 0.25) is 0 Å². The van der Waals surface area contributed by atoms with Gasteiger partial charge in [-0.3, -0.25) is 9.89 Å². The number of likely N-dealkylation sites (N-methyl/N-ethyl adjacent to an activating group) is 1. The minimum absolute atomic E-state index is 0.0633. The van der Waals surface area contributed by atoms with Crippen molar-refractivity contribution in [2.75, 3.05) is 33.3 Å². The molecule has 1 fully saturated rings. The summed E-state index contributed by atoms with van der Waals surface area (Å²) >= 11 is 0. The third kappa shape index (κ3) is 2.59. The van der Waals surface area contributed by atoms with Crippen molar-refractivity contribution in [3.8, 4) is 0 Å². The maximum absolute atomic E-state index is 11.9. The number of hydrogen-bond acceptors (Lipinski definition) is 4. The van der Waals surface area contributed by atoms with Gasteiger partial charge in [0.15, 0.2) is 0 Å². The molecule has 1 unspecified atom stereocenters. The first kappa shape index (κ1) is 11.1. The number of rotatable bonds is 3. The van der Waals surface area contributed by atoms with Crippen LogP contribution in [-0.2, 0) is 4.74 Å². The highest BCUT2D eigenvalue weighted by Crippen LogP contribution is 2.03. The Morgan fingerprint density at radius 3 is 3.25 bits per heavy atom. The number of morpholine rings is 1. The van der Waals surface area contributed by atoms with E-state index >= 15 is 0 Å². The van der Waals surface area contributed by atoms with Crippen LogP contribution in [-0.4, -0.2) is 60.4 Å². The molecule has 1 saturated heterocycles. The summed E-state index contributed by atoms with van der Waals surface area (Å²) < 4.78 is 5.53. The molecular weight excluding hydrogens is 208 g/mol. The lowest BCUT2D eigenvalue weighted by atomic mass is 10.2. The fraction of sp³-hybridized carbons (Fsp3) is 0.600. The van der Waals surface area contributed by atoms with Gasteiger partial charge in [0.25, 0.3) is 5.91 Å². The molecule has 1 aliphatic heterocycles. The van der Waals surface area contributed by atoms with Crippen LogP contribution in [0.4, 0.5) is 0 Å². The van der Waals surface area contributed by atoms with Gasteiger partial charge in [-0.1, -0.05) is 0 Å². The SMILES string of the molecule is CN(CC1CNCCO1)C(=O)c1ccn[nH]1. The van der Waals surface area contributed by atoms with Crippen molar-refractivity contribution in [1.29, 1.82) is 0 Å². The van der Waals surface area contributed by atoms with Gasteiger partial charge in [-0.25, -0.2) is 0 Å². The average molecular weight is 224 g/mol. The van der Waals surface area contributed by atoms with Crippen LogP contribution >= 0.6 is 0 Å². The minimum atomic E-state index is -0.0633. The van der Waals surface area contributed by atoms with Gasteiger partial charge in [-0.2, -0.15) is 5.10 Å². The van der Waals surface area contributed by atoms with Crippen molar-refractivity contribution in [3.05, 3.63) is 18.0 Å². The summed E-state index contributed by atoms with van der Waals surface area (Å²) in [5.74, 6) is -0.0633. The normalized spacial score (nSPS) is 20.7. The third-order valence-corrected chi connectivity index (χ3v) is 2.56. The Morgan fingerprint density at radius 2 is 2.62 bits per heavy atom. The summed E-state index contributed by atoms with van der Waals surface area (Å²) in [7, 11) is 1.77. The van der Waals surface area contributed by atoms with Crippen molar-refractivity contribution in [2.45, 2.75) is 6.10 Å². The van der Waals surface area contributed by atoms with Crippen molar-refractivity contribution in [2.24, 2.45) is 0 Å². The smallest absolute Gasteiger partial charge is 0.271 e. The summed E-state index contributed by atoms with van der Waals surface area (Å²) in [6.07, 6.45) is 1.64. The van der Waals surface area contributed by atoms with Crippen molar-refractivity contribution >= 4 is 5.91 Å². The summed E-state index contributed by atoms with van der Waals surface area (Å²) in [6.45, 7) is 2.97. The van der Waals surface area contributed by atoms with E-state index < -0.39 is 0 Å². The molecule has 2 rings (SSSR count). The van der Waals surface area contributed by atoms with E-state index in [4.69, 9.17) is 4.74 Å². The van der Waals surface area contributed by atoms with Crippen LogP contribution in [0.15, 0.2) is 12.3 Å². The fourth-order valence-corrected chi connectivity index (χ4v) is 1.71. The van der Waals surface area contributed by atoms with E-state index in [0.717, 1.165) is 13.1 Å². The second-order valence-electron chi connectivity index (χ2n) is 3.85. The minimum Gasteiger partial charge on any atom is -0.374 e. The molecule has 2 N–H and O–H groups in total. The number of aromatic amines is 1. The molecular formula is C10H16N4O2. The molecule has 0 saturated carbocycles. The van der Waals surface area contributed by atoms with Crippen LogP contribution in [0.1, 0.15) is 10.5 Å². The molecule has 16 heavy (non-hydrogen) atoms. The standard InChI is InChI=1S/C10H16N4O2/c1-14(7-8-6-11-4-5-16-8)10(15)9-2-3-12-13-9/h2-3,8,11H,4-7H2,1H3,(H,12,13). The number of ether oxygens (including phenoxy) is 1. The van der Waals surface area contributed by atoms with Crippen LogP contribution in [0.3, 0.4) is 0 Å². The fourth-order valence-electron chi connectivity index (χ4n) is 1.71. The lowest BCUT2D eigenvalue weighted by Crippen LogP contribution is -2.45. The number of nitrogens with one attached hydrogen (secondary N) is 2. The molecule has 0 spiro atoms. The summed E-state index contributed by atoms with van der Waals surface area (Å²) in [5, 5.41) is 9.64. The molecule has 1 amide bonds. The molecule has 0 aromatic carbocycles. The monoisotopic (exact) mass is 224 g/mol. The Kier molecular flexibility index (Phi) is 3.53. The lowest BCUT2D eigenvalue weighted by Gasteiger charge is -2.27. The predicted molar refractivity (Wildman–Crippen MR) is 58.2 cm³/mol. The number of H-pyrrole nitrogens is 1. The van der Waals surface area contributed by atoms with Gasteiger partial charge in [-0.15, -0.1) is 0 Å². The molecule has 88 valence electrons. The van der Waals surface area contributed by atoms with Crippen LogP contribution < -0.4 is 5.32 Å². The van der Waals surface area contributed by atoms with E-state index in [1.165, 1.54) is 0 Å². The van der Waals surface area contributed by atoms with Gasteiger partial charge in [-0.05, 0) is 6.07 Å². The first-order valence-corrected chi connectivity index (χ1v) is 5.34. The number of carbonyl (C=O) groups is 1. The summed E-state index contributed by atoms with van der Waals surface area (Å²) in [5.41, 5.74) is 0.506. The van der Waals surface area contributed by atoms with Crippen molar-refractivity contribution < 1.29 is 9.53 Å². The molecule has 6 nitrogen and oxygen atoms in total. The predicted octanol–water partition coefficient (Wildman–Crippen LogP) is -0.530. The molecule has 1 atom stereocenters. The van der Waals surface area contributed by atoms with Gasteiger partial charge in [0, 0.05) is 32.9 Å². The zero-order valence-corrected chi connectivity index (χ0v) is 9.27. The largest absolute Gasteiger partial charge is 0.374 e. The topological polar surface area (TPSA) is 70.2 Å². The molecule has 1 aliphatic rings. The first-order chi connectivity index (χ1) is 7.77. The number of hydrogen-bond donors (Lipinski definition) is 2. The second-order valence-corrected chi connectivity index (χ2v) is 3.85. The zero-order chi connectivity index (χ0) is 11.4. The molecule has 0 radical (unpaired) electrons. The van der Waals surface area contributed by atoms with Crippen LogP contribution in [0, 0.1) is 0 Å². The molecule has 0 bridgehead atoms. The summed E-state index contributed by atoms with van der Waals surface area (Å²) in [4.78, 5) is 13.5. The van der Waals surface area contributed by atoms with E-state index in [1.54, 1.807) is 24.2 Å². The third-order valence-electron chi connectivity index (χ3n) is 2.56. The highest BCUT2D eigenvalue weighted by Gasteiger charge is 2.19. The van der Waals surface area contributed by atoms with E-state index in [9.17, 15) is 4.79 Å². The van der Waals surface area contributed by atoms with Crippen molar-refractivity contribution in [1.82, 2.24) is 20.4 Å². The highest BCUT2D eigenvalue weighted by atomic mass is 16.5. The van der Waals surface area contributed by atoms with E-state index in [1.807, 2.05) is 0 Å².